The number of benzene rings is 2. The van der Waals surface area contributed by atoms with Crippen LogP contribution in [0.1, 0.15) is 10.4 Å². The molecule has 0 aliphatic heterocycles. The lowest BCUT2D eigenvalue weighted by molar-refractivity contribution is -0.383. The van der Waals surface area contributed by atoms with Gasteiger partial charge in [0.15, 0.2) is 6.61 Å². The largest absolute Gasteiger partial charge is 0.452 e. The van der Waals surface area contributed by atoms with Crippen LogP contribution in [-0.4, -0.2) is 38.9 Å². The number of anilines is 1. The molecule has 2 aromatic rings. The molecule has 0 aromatic heterocycles. The van der Waals surface area contributed by atoms with E-state index in [2.05, 4.69) is 10.1 Å². The molecule has 2 N–H and O–H groups in total. The van der Waals surface area contributed by atoms with Gasteiger partial charge in [-0.1, -0.05) is 12.1 Å². The van der Waals surface area contributed by atoms with Gasteiger partial charge in [-0.15, -0.1) is 0 Å². The third-order valence-corrected chi connectivity index (χ3v) is 4.86. The first-order chi connectivity index (χ1) is 13.2. The van der Waals surface area contributed by atoms with Crippen molar-refractivity contribution in [3.63, 3.8) is 0 Å². The third-order valence-electron chi connectivity index (χ3n) is 3.45. The zero-order chi connectivity index (χ0) is 20.9. The van der Waals surface area contributed by atoms with Crippen molar-refractivity contribution in [1.29, 1.82) is 0 Å². The maximum atomic E-state index is 13.8. The lowest BCUT2D eigenvalue weighted by atomic mass is 10.2. The van der Waals surface area contributed by atoms with E-state index in [-0.39, 0.29) is 16.3 Å². The first-order valence-electron chi connectivity index (χ1n) is 7.59. The molecule has 0 bridgehead atoms. The van der Waals surface area contributed by atoms with E-state index in [1.807, 2.05) is 4.72 Å². The van der Waals surface area contributed by atoms with Crippen molar-refractivity contribution in [2.45, 2.75) is 4.90 Å². The number of hydrogen-bond acceptors (Lipinski definition) is 7. The lowest BCUT2D eigenvalue weighted by Crippen LogP contribution is -2.22. The molecule has 0 heterocycles. The molecule has 0 saturated heterocycles. The number of nitro groups is 1. The van der Waals surface area contributed by atoms with Crippen molar-refractivity contribution in [3.05, 3.63) is 64.0 Å². The summed E-state index contributed by atoms with van der Waals surface area (Å²) in [6.07, 6.45) is 0. The summed E-state index contributed by atoms with van der Waals surface area (Å²) in [4.78, 5) is 33.7. The monoisotopic (exact) mass is 411 g/mol. The molecular weight excluding hydrogens is 397 g/mol. The number of carbonyl (C=O) groups excluding carboxylic acids is 2. The van der Waals surface area contributed by atoms with Crippen molar-refractivity contribution in [2.75, 3.05) is 19.0 Å². The molecular formula is C16H14FN3O7S. The normalized spacial score (nSPS) is 10.9. The summed E-state index contributed by atoms with van der Waals surface area (Å²) in [7, 11) is -2.78. The second kappa shape index (κ2) is 8.54. The van der Waals surface area contributed by atoms with Crippen molar-refractivity contribution >= 4 is 33.3 Å². The Bertz CT molecular complexity index is 1040. The highest BCUT2D eigenvalue weighted by Gasteiger charge is 2.21. The van der Waals surface area contributed by atoms with Crippen LogP contribution in [0.3, 0.4) is 0 Å². The molecule has 0 atom stereocenters. The Labute approximate surface area is 158 Å². The Balaban J connectivity index is 2.09. The van der Waals surface area contributed by atoms with Gasteiger partial charge in [-0.2, -0.15) is 0 Å². The predicted molar refractivity (Wildman–Crippen MR) is 94.7 cm³/mol. The molecule has 148 valence electrons. The van der Waals surface area contributed by atoms with Gasteiger partial charge in [-0.25, -0.2) is 22.3 Å². The second-order valence-electron chi connectivity index (χ2n) is 5.25. The van der Waals surface area contributed by atoms with Crippen LogP contribution < -0.4 is 10.0 Å². The summed E-state index contributed by atoms with van der Waals surface area (Å²) in [6.45, 7) is -0.868. The Hall–Kier alpha value is -3.38. The van der Waals surface area contributed by atoms with Crippen molar-refractivity contribution in [3.8, 4) is 0 Å². The fourth-order valence-electron chi connectivity index (χ4n) is 2.08. The van der Waals surface area contributed by atoms with E-state index in [0.29, 0.717) is 0 Å². The minimum atomic E-state index is -3.92. The quantitative estimate of drug-likeness (QED) is 0.398. The van der Waals surface area contributed by atoms with Gasteiger partial charge in [0.1, 0.15) is 11.5 Å². The standard InChI is InChI=1S/C16H14FN3O7S/c1-18-28(25,26)10-6-7-12(17)11(8-10)16(22)27-9-15(21)19-13-4-2-3-5-14(13)20(23)24/h2-8,18H,9H2,1H3,(H,19,21). The number of sulfonamides is 1. The number of esters is 1. The highest BCUT2D eigenvalue weighted by atomic mass is 32.2. The minimum Gasteiger partial charge on any atom is -0.452 e. The number of para-hydroxylation sites is 2. The van der Waals surface area contributed by atoms with Crippen LogP contribution in [0.4, 0.5) is 15.8 Å². The first-order valence-corrected chi connectivity index (χ1v) is 9.07. The highest BCUT2D eigenvalue weighted by molar-refractivity contribution is 7.89. The maximum absolute atomic E-state index is 13.8. The number of ether oxygens (including phenoxy) is 1. The lowest BCUT2D eigenvalue weighted by Gasteiger charge is -2.09. The molecule has 0 fully saturated rings. The Morgan fingerprint density at radius 1 is 1.21 bits per heavy atom. The number of nitro benzene ring substituents is 1. The molecule has 0 aliphatic rings. The number of hydrogen-bond donors (Lipinski definition) is 2. The van der Waals surface area contributed by atoms with E-state index < -0.39 is 44.8 Å². The summed E-state index contributed by atoms with van der Waals surface area (Å²) in [5.41, 5.74) is -1.16. The number of amides is 1. The van der Waals surface area contributed by atoms with E-state index in [1.54, 1.807) is 0 Å². The molecule has 12 heteroatoms. The molecule has 2 rings (SSSR count). The van der Waals surface area contributed by atoms with Gasteiger partial charge < -0.3 is 10.1 Å². The smallest absolute Gasteiger partial charge is 0.341 e. The number of halogens is 1. The van der Waals surface area contributed by atoms with Gasteiger partial charge >= 0.3 is 5.97 Å². The van der Waals surface area contributed by atoms with Crippen LogP contribution >= 0.6 is 0 Å². The van der Waals surface area contributed by atoms with E-state index in [9.17, 15) is 32.5 Å². The molecule has 0 radical (unpaired) electrons. The summed E-state index contributed by atoms with van der Waals surface area (Å²) >= 11 is 0. The van der Waals surface area contributed by atoms with Crippen LogP contribution in [-0.2, 0) is 19.6 Å². The Kier molecular flexibility index (Phi) is 6.38. The van der Waals surface area contributed by atoms with Gasteiger partial charge in [-0.3, -0.25) is 14.9 Å². The number of nitrogens with zero attached hydrogens (tertiary/aromatic N) is 1. The summed E-state index contributed by atoms with van der Waals surface area (Å²) in [5, 5.41) is 13.1. The zero-order valence-electron chi connectivity index (χ0n) is 14.3. The van der Waals surface area contributed by atoms with E-state index in [0.717, 1.165) is 25.2 Å². The molecule has 0 unspecified atom stereocenters. The molecule has 10 nitrogen and oxygen atoms in total. The molecule has 0 aliphatic carbocycles. The summed E-state index contributed by atoms with van der Waals surface area (Å²) in [6, 6.07) is 7.81. The Morgan fingerprint density at radius 3 is 2.54 bits per heavy atom. The maximum Gasteiger partial charge on any atom is 0.341 e. The summed E-state index contributed by atoms with van der Waals surface area (Å²) < 4.78 is 44.0. The van der Waals surface area contributed by atoms with Gasteiger partial charge in [0.2, 0.25) is 10.0 Å². The molecule has 2 aromatic carbocycles. The van der Waals surface area contributed by atoms with Crippen molar-refractivity contribution in [2.24, 2.45) is 0 Å². The van der Waals surface area contributed by atoms with Crippen LogP contribution in [0, 0.1) is 15.9 Å². The number of nitrogens with one attached hydrogen (secondary N) is 2. The Morgan fingerprint density at radius 2 is 1.89 bits per heavy atom. The minimum absolute atomic E-state index is 0.109. The van der Waals surface area contributed by atoms with Crippen LogP contribution in [0.2, 0.25) is 0 Å². The van der Waals surface area contributed by atoms with Gasteiger partial charge in [-0.05, 0) is 31.3 Å². The van der Waals surface area contributed by atoms with Crippen molar-refractivity contribution < 1.29 is 32.1 Å². The molecule has 0 saturated carbocycles. The van der Waals surface area contributed by atoms with Crippen LogP contribution in [0.15, 0.2) is 47.4 Å². The predicted octanol–water partition coefficient (Wildman–Crippen LogP) is 1.44. The number of rotatable bonds is 7. The van der Waals surface area contributed by atoms with Crippen molar-refractivity contribution in [1.82, 2.24) is 4.72 Å². The van der Waals surface area contributed by atoms with E-state index >= 15 is 0 Å². The topological polar surface area (TPSA) is 145 Å². The molecule has 0 spiro atoms. The fourth-order valence-corrected chi connectivity index (χ4v) is 2.84. The average Bonchev–Trinajstić information content (AvgIpc) is 2.66. The third kappa shape index (κ3) is 4.86. The first kappa shape index (κ1) is 20.9. The highest BCUT2D eigenvalue weighted by Crippen LogP contribution is 2.23. The van der Waals surface area contributed by atoms with Gasteiger partial charge in [0.25, 0.3) is 11.6 Å². The summed E-state index contributed by atoms with van der Waals surface area (Å²) in [5.74, 6) is -3.22. The van der Waals surface area contributed by atoms with Crippen LogP contribution in [0.5, 0.6) is 0 Å². The SMILES string of the molecule is CNS(=O)(=O)c1ccc(F)c(C(=O)OCC(=O)Nc2ccccc2[N+](=O)[O-])c1. The van der Waals surface area contributed by atoms with E-state index in [4.69, 9.17) is 0 Å². The van der Waals surface area contributed by atoms with Gasteiger partial charge in [0.05, 0.1) is 15.4 Å². The van der Waals surface area contributed by atoms with Crippen LogP contribution in [0.25, 0.3) is 0 Å². The second-order valence-corrected chi connectivity index (χ2v) is 7.13. The van der Waals surface area contributed by atoms with Gasteiger partial charge in [0, 0.05) is 6.07 Å². The van der Waals surface area contributed by atoms with E-state index in [1.165, 1.54) is 24.3 Å². The number of carbonyl (C=O) groups is 2. The molecule has 28 heavy (non-hydrogen) atoms. The molecule has 1 amide bonds. The fraction of sp³-hybridized carbons (Fsp3) is 0.125. The average molecular weight is 411 g/mol. The zero-order valence-corrected chi connectivity index (χ0v) is 15.2.